The largest absolute Gasteiger partial charge is 0.466 e. The van der Waals surface area contributed by atoms with E-state index in [9.17, 15) is 0 Å². The van der Waals surface area contributed by atoms with Gasteiger partial charge in [0.15, 0.2) is 13.6 Å². The minimum absolute atomic E-state index is 0.0725. The number of ether oxygens (including phenoxy) is 4. The summed E-state index contributed by atoms with van der Waals surface area (Å²) in [5.41, 5.74) is 9.85. The Morgan fingerprint density at radius 1 is 0.426 bits per heavy atom. The number of aromatic nitrogens is 4. The average molecular weight is 727 g/mol. The smallest absolute Gasteiger partial charge is 0.188 e. The number of hydrogen-bond acceptors (Lipinski definition) is 10. The predicted molar refractivity (Wildman–Crippen MR) is 211 cm³/mol. The fourth-order valence-electron chi connectivity index (χ4n) is 6.74. The Labute approximate surface area is 318 Å². The summed E-state index contributed by atoms with van der Waals surface area (Å²) < 4.78 is 24.0. The summed E-state index contributed by atoms with van der Waals surface area (Å²) in [5, 5.41) is 1.85. The molecule has 0 bridgehead atoms. The maximum atomic E-state index is 6.50. The van der Waals surface area contributed by atoms with E-state index in [0.717, 1.165) is 67.5 Å². The average Bonchev–Trinajstić information content (AvgIpc) is 3.14. The highest BCUT2D eigenvalue weighted by atomic mass is 16.7. The number of methoxy groups -OCH3 is 2. The van der Waals surface area contributed by atoms with Crippen LogP contribution in [-0.4, -0.2) is 57.5 Å². The van der Waals surface area contributed by atoms with Crippen molar-refractivity contribution >= 4 is 10.8 Å². The van der Waals surface area contributed by atoms with Gasteiger partial charge in [0.2, 0.25) is 0 Å². The van der Waals surface area contributed by atoms with Crippen LogP contribution in [0, 0.1) is 27.7 Å². The van der Waals surface area contributed by atoms with Gasteiger partial charge in [0.1, 0.15) is 11.5 Å². The molecule has 10 nitrogen and oxygen atoms in total. The summed E-state index contributed by atoms with van der Waals surface area (Å²) in [4.78, 5) is 24.0. The number of rotatable bonds is 18. The molecule has 4 heterocycles. The van der Waals surface area contributed by atoms with Crippen molar-refractivity contribution in [3.05, 3.63) is 154 Å². The fourth-order valence-corrected chi connectivity index (χ4v) is 6.74. The molecule has 280 valence electrons. The molecule has 0 N–H and O–H groups in total. The van der Waals surface area contributed by atoms with Crippen molar-refractivity contribution in [2.24, 2.45) is 0 Å². The number of aryl methyl sites for hydroxylation is 4. The van der Waals surface area contributed by atoms with Crippen molar-refractivity contribution in [2.45, 2.75) is 67.0 Å². The molecule has 6 aromatic rings. The Balaban J connectivity index is 1.43. The van der Waals surface area contributed by atoms with Gasteiger partial charge in [-0.3, -0.25) is 29.7 Å². The minimum atomic E-state index is 0.0725. The fraction of sp³-hybridized carbons (Fsp3) is 0.318. The summed E-state index contributed by atoms with van der Waals surface area (Å²) in [7, 11) is 3.27. The second kappa shape index (κ2) is 18.7. The van der Waals surface area contributed by atoms with E-state index >= 15 is 0 Å². The predicted octanol–water partition coefficient (Wildman–Crippen LogP) is 8.02. The van der Waals surface area contributed by atoms with E-state index in [1.54, 1.807) is 14.2 Å². The molecule has 0 unspecified atom stereocenters. The highest BCUT2D eigenvalue weighted by molar-refractivity contribution is 5.96. The maximum absolute atomic E-state index is 6.50. The number of hydrogen-bond donors (Lipinski definition) is 0. The van der Waals surface area contributed by atoms with Gasteiger partial charge < -0.3 is 18.9 Å². The third-order valence-electron chi connectivity index (χ3n) is 9.01. The first-order chi connectivity index (χ1) is 26.3. The van der Waals surface area contributed by atoms with Crippen LogP contribution in [0.5, 0.6) is 11.5 Å². The zero-order chi connectivity index (χ0) is 37.9. The number of benzene rings is 2. The maximum Gasteiger partial charge on any atom is 0.188 e. The van der Waals surface area contributed by atoms with Gasteiger partial charge in [-0.2, -0.15) is 0 Å². The van der Waals surface area contributed by atoms with Gasteiger partial charge in [-0.15, -0.1) is 0 Å². The van der Waals surface area contributed by atoms with E-state index in [1.807, 2.05) is 52.0 Å². The number of pyridine rings is 4. The van der Waals surface area contributed by atoms with Crippen LogP contribution < -0.4 is 9.47 Å². The summed E-state index contributed by atoms with van der Waals surface area (Å²) in [6.07, 6.45) is 0. The molecule has 0 aliphatic rings. The monoisotopic (exact) mass is 726 g/mol. The number of fused-ring (bicyclic) bond motifs is 1. The topological polar surface area (TPSA) is 95.0 Å². The van der Waals surface area contributed by atoms with Crippen molar-refractivity contribution in [3.8, 4) is 11.5 Å². The summed E-state index contributed by atoms with van der Waals surface area (Å²) in [6.45, 7) is 11.9. The first-order valence-electron chi connectivity index (χ1n) is 18.2. The van der Waals surface area contributed by atoms with Crippen LogP contribution in [0.25, 0.3) is 10.8 Å². The zero-order valence-corrected chi connectivity index (χ0v) is 32.2. The lowest BCUT2D eigenvalue weighted by molar-refractivity contribution is 0.0470. The summed E-state index contributed by atoms with van der Waals surface area (Å²) in [5.74, 6) is 1.41. The van der Waals surface area contributed by atoms with Crippen molar-refractivity contribution in [1.82, 2.24) is 29.7 Å². The summed E-state index contributed by atoms with van der Waals surface area (Å²) >= 11 is 0. The van der Waals surface area contributed by atoms with Crippen molar-refractivity contribution in [3.63, 3.8) is 0 Å². The molecular formula is C44H50N6O4. The van der Waals surface area contributed by atoms with Gasteiger partial charge in [0, 0.05) is 87.4 Å². The lowest BCUT2D eigenvalue weighted by Gasteiger charge is -2.26. The Bertz CT molecular complexity index is 1920. The molecule has 0 saturated heterocycles. The highest BCUT2D eigenvalue weighted by Gasteiger charge is 2.22. The molecule has 6 rings (SSSR count). The first-order valence-corrected chi connectivity index (χ1v) is 18.2. The van der Waals surface area contributed by atoms with E-state index in [-0.39, 0.29) is 13.6 Å². The van der Waals surface area contributed by atoms with E-state index in [1.165, 1.54) is 0 Å². The van der Waals surface area contributed by atoms with E-state index in [0.29, 0.717) is 50.8 Å². The summed E-state index contributed by atoms with van der Waals surface area (Å²) in [6, 6.07) is 33.1. The molecule has 0 aliphatic heterocycles. The first kappa shape index (κ1) is 38.5. The Hall–Kier alpha value is -5.26. The van der Waals surface area contributed by atoms with Gasteiger partial charge in [-0.25, -0.2) is 0 Å². The molecule has 0 amide bonds. The van der Waals surface area contributed by atoms with E-state index in [4.69, 9.17) is 38.9 Å². The van der Waals surface area contributed by atoms with Crippen LogP contribution in [0.2, 0.25) is 0 Å². The standard InChI is InChI=1S/C44H50N6O4/c1-31-11-7-15-38(45-31)25-49(26-39-16-8-12-32(2)46-39)23-36-21-19-35-20-22-37(44(54-30-52-6)42(35)43(36)53-29-51-5)24-50(27-40-17-9-13-33(3)47-40)28-41-18-10-14-34(4)48-41/h7-22H,23-30H2,1-6H3. The van der Waals surface area contributed by atoms with Gasteiger partial charge in [0.05, 0.1) is 28.2 Å². The van der Waals surface area contributed by atoms with Gasteiger partial charge >= 0.3 is 0 Å². The molecular weight excluding hydrogens is 677 g/mol. The lowest BCUT2D eigenvalue weighted by Crippen LogP contribution is -2.25. The Morgan fingerprint density at radius 3 is 1.06 bits per heavy atom. The third kappa shape index (κ3) is 10.4. The van der Waals surface area contributed by atoms with E-state index < -0.39 is 0 Å². The zero-order valence-electron chi connectivity index (χ0n) is 32.2. The molecule has 4 aromatic heterocycles. The molecule has 0 aliphatic carbocycles. The lowest BCUT2D eigenvalue weighted by atomic mass is 10.00. The molecule has 0 radical (unpaired) electrons. The SMILES string of the molecule is COCOc1c(CN(Cc2cccc(C)n2)Cc2cccc(C)n2)ccc2ccc(CN(Cc3cccc(C)n3)Cc3cccc(C)n3)c(OCOC)c12. The van der Waals surface area contributed by atoms with Gasteiger partial charge in [-0.05, 0) is 81.6 Å². The van der Waals surface area contributed by atoms with Crippen LogP contribution in [0.4, 0.5) is 0 Å². The van der Waals surface area contributed by atoms with Crippen LogP contribution in [0.1, 0.15) is 56.7 Å². The van der Waals surface area contributed by atoms with E-state index in [2.05, 4.69) is 82.6 Å². The van der Waals surface area contributed by atoms with Crippen LogP contribution in [0.3, 0.4) is 0 Å². The second-order valence-corrected chi connectivity index (χ2v) is 13.7. The normalized spacial score (nSPS) is 11.5. The van der Waals surface area contributed by atoms with Crippen LogP contribution in [-0.2, 0) is 48.7 Å². The molecule has 0 fully saturated rings. The van der Waals surface area contributed by atoms with Crippen molar-refractivity contribution in [2.75, 3.05) is 27.8 Å². The molecule has 10 heteroatoms. The molecule has 0 saturated carbocycles. The third-order valence-corrected chi connectivity index (χ3v) is 9.01. The van der Waals surface area contributed by atoms with Gasteiger partial charge in [-0.1, -0.05) is 48.5 Å². The molecule has 54 heavy (non-hydrogen) atoms. The Kier molecular flexibility index (Phi) is 13.3. The van der Waals surface area contributed by atoms with Crippen molar-refractivity contribution in [1.29, 1.82) is 0 Å². The quantitative estimate of drug-likeness (QED) is 0.0811. The number of nitrogens with zero attached hydrogens (tertiary/aromatic N) is 6. The van der Waals surface area contributed by atoms with Gasteiger partial charge in [0.25, 0.3) is 0 Å². The minimum Gasteiger partial charge on any atom is -0.466 e. The van der Waals surface area contributed by atoms with Crippen LogP contribution >= 0.6 is 0 Å². The molecule has 0 spiro atoms. The Morgan fingerprint density at radius 2 is 0.759 bits per heavy atom. The van der Waals surface area contributed by atoms with Crippen molar-refractivity contribution < 1.29 is 18.9 Å². The second-order valence-electron chi connectivity index (χ2n) is 13.7. The molecule has 0 atom stereocenters. The highest BCUT2D eigenvalue weighted by Crippen LogP contribution is 2.41. The van der Waals surface area contributed by atoms with Crippen LogP contribution in [0.15, 0.2) is 97.1 Å². The molecule has 2 aromatic carbocycles.